The van der Waals surface area contributed by atoms with Gasteiger partial charge in [0.2, 0.25) is 0 Å². The van der Waals surface area contributed by atoms with Gasteiger partial charge in [-0.25, -0.2) is 0 Å². The Kier molecular flexibility index (Phi) is 0.519. The fraction of sp³-hybridized carbons (Fsp3) is 0.143. The molecule has 2 aliphatic rings. The normalized spacial score (nSPS) is 12.1. The zero-order chi connectivity index (χ0) is 5.56. The number of hydrogen-bond donors (Lipinski definition) is 1. The molecule has 0 aliphatic carbocycles. The molecular weight excluding hydrogens is 98.1 g/mol. The van der Waals surface area contributed by atoms with Crippen molar-refractivity contribution < 1.29 is 0 Å². The van der Waals surface area contributed by atoms with Crippen molar-refractivity contribution in [2.75, 3.05) is 5.32 Å². The highest BCUT2D eigenvalue weighted by Crippen LogP contribution is 2.35. The van der Waals surface area contributed by atoms with E-state index in [0.29, 0.717) is 0 Å². The van der Waals surface area contributed by atoms with Crippen LogP contribution in [-0.2, 0) is 0 Å². The number of fused-ring (bicyclic) bond motifs is 2. The number of hydrogen-bond acceptors (Lipinski definition) is 1. The molecule has 0 saturated carbocycles. The van der Waals surface area contributed by atoms with E-state index in [9.17, 15) is 0 Å². The molecule has 0 amide bonds. The molecule has 2 aliphatic heterocycles. The molecule has 1 aromatic carbocycles. The summed E-state index contributed by atoms with van der Waals surface area (Å²) in [7, 11) is 0. The lowest BCUT2D eigenvalue weighted by molar-refractivity contribution is 1.34. The average Bonchev–Trinajstić information content (AvgIpc) is 1.89. The Hall–Kier alpha value is -0.980. The van der Waals surface area contributed by atoms with Crippen LogP contribution in [-0.4, -0.2) is 0 Å². The Morgan fingerprint density at radius 3 is 2.12 bits per heavy atom. The van der Waals surface area contributed by atoms with Crippen LogP contribution in [0.25, 0.3) is 0 Å². The Bertz CT molecular complexity index is 208. The quantitative estimate of drug-likeness (QED) is 0.540. The minimum Gasteiger partial charge on any atom is -0.355 e. The van der Waals surface area contributed by atoms with Gasteiger partial charge in [-0.1, -0.05) is 6.07 Å². The Morgan fingerprint density at radius 1 is 1.25 bits per heavy atom. The monoisotopic (exact) mass is 105 g/mol. The molecule has 40 valence electrons. The van der Waals surface area contributed by atoms with Crippen LogP contribution >= 0.6 is 0 Å². The molecule has 1 heteroatoms. The molecule has 2 heterocycles. The molecule has 2 bridgehead atoms. The minimum atomic E-state index is 1.28. The van der Waals surface area contributed by atoms with Crippen LogP contribution in [0.15, 0.2) is 18.2 Å². The van der Waals surface area contributed by atoms with Gasteiger partial charge in [0.05, 0.1) is 0 Å². The summed E-state index contributed by atoms with van der Waals surface area (Å²) < 4.78 is 0. The standard InChI is InChI=1S/C7H7N/c1-5-6-3-2-4-7(5)8-6/h2-4,8H,1H3. The second-order valence-electron chi connectivity index (χ2n) is 2.10. The molecule has 0 fully saturated rings. The largest absolute Gasteiger partial charge is 0.355 e. The van der Waals surface area contributed by atoms with Gasteiger partial charge in [0.15, 0.2) is 0 Å². The summed E-state index contributed by atoms with van der Waals surface area (Å²) in [4.78, 5) is 0. The first-order chi connectivity index (χ1) is 3.88. The fourth-order valence-corrected chi connectivity index (χ4v) is 0.989. The fourth-order valence-electron chi connectivity index (χ4n) is 0.989. The van der Waals surface area contributed by atoms with E-state index < -0.39 is 0 Å². The van der Waals surface area contributed by atoms with Gasteiger partial charge in [-0.15, -0.1) is 0 Å². The molecule has 1 aromatic rings. The predicted octanol–water partition coefficient (Wildman–Crippen LogP) is 2.05. The zero-order valence-corrected chi connectivity index (χ0v) is 4.73. The molecular formula is C7H7N. The molecule has 1 nitrogen and oxygen atoms in total. The Labute approximate surface area is 48.3 Å². The molecule has 0 unspecified atom stereocenters. The van der Waals surface area contributed by atoms with Crippen LogP contribution in [0.3, 0.4) is 0 Å². The average molecular weight is 105 g/mol. The van der Waals surface area contributed by atoms with E-state index in [1.807, 2.05) is 0 Å². The number of rotatable bonds is 0. The second-order valence-corrected chi connectivity index (χ2v) is 2.10. The topological polar surface area (TPSA) is 12.0 Å². The third-order valence-corrected chi connectivity index (χ3v) is 1.60. The van der Waals surface area contributed by atoms with Crippen molar-refractivity contribution >= 4 is 11.4 Å². The van der Waals surface area contributed by atoms with Crippen molar-refractivity contribution in [1.29, 1.82) is 0 Å². The zero-order valence-electron chi connectivity index (χ0n) is 4.73. The molecule has 0 spiro atoms. The van der Waals surface area contributed by atoms with Crippen LogP contribution in [0, 0.1) is 6.92 Å². The number of aryl methyl sites for hydroxylation is 1. The van der Waals surface area contributed by atoms with E-state index in [2.05, 4.69) is 30.4 Å². The third kappa shape index (κ3) is 0.280. The summed E-state index contributed by atoms with van der Waals surface area (Å²) in [6.07, 6.45) is 0. The van der Waals surface area contributed by atoms with Crippen molar-refractivity contribution in [1.82, 2.24) is 0 Å². The summed E-state index contributed by atoms with van der Waals surface area (Å²) in [6.45, 7) is 2.13. The number of nitrogens with one attached hydrogen (secondary N) is 1. The van der Waals surface area contributed by atoms with E-state index >= 15 is 0 Å². The first-order valence-corrected chi connectivity index (χ1v) is 2.74. The SMILES string of the molecule is Cc1c2cccc1N2. The lowest BCUT2D eigenvalue weighted by Crippen LogP contribution is -2.04. The third-order valence-electron chi connectivity index (χ3n) is 1.60. The van der Waals surface area contributed by atoms with Gasteiger partial charge in [0, 0.05) is 11.4 Å². The van der Waals surface area contributed by atoms with Crippen molar-refractivity contribution in [3.05, 3.63) is 23.8 Å². The van der Waals surface area contributed by atoms with Crippen molar-refractivity contribution in [3.63, 3.8) is 0 Å². The maximum atomic E-state index is 3.18. The van der Waals surface area contributed by atoms with Gasteiger partial charge in [0.1, 0.15) is 0 Å². The smallest absolute Gasteiger partial charge is 0.0434 e. The molecule has 8 heavy (non-hydrogen) atoms. The summed E-state index contributed by atoms with van der Waals surface area (Å²) >= 11 is 0. The maximum Gasteiger partial charge on any atom is 0.0434 e. The summed E-state index contributed by atoms with van der Waals surface area (Å²) in [6, 6.07) is 6.23. The lowest BCUT2D eigenvalue weighted by Gasteiger charge is -2.22. The van der Waals surface area contributed by atoms with Gasteiger partial charge in [0.25, 0.3) is 0 Å². The van der Waals surface area contributed by atoms with Gasteiger partial charge < -0.3 is 5.32 Å². The molecule has 0 saturated heterocycles. The van der Waals surface area contributed by atoms with Crippen LogP contribution in [0.4, 0.5) is 11.4 Å². The van der Waals surface area contributed by atoms with E-state index in [-0.39, 0.29) is 0 Å². The molecule has 0 radical (unpaired) electrons. The van der Waals surface area contributed by atoms with E-state index in [1.54, 1.807) is 0 Å². The van der Waals surface area contributed by atoms with Crippen molar-refractivity contribution in [2.24, 2.45) is 0 Å². The van der Waals surface area contributed by atoms with Gasteiger partial charge >= 0.3 is 0 Å². The van der Waals surface area contributed by atoms with Gasteiger partial charge in [-0.2, -0.15) is 0 Å². The highest BCUT2D eigenvalue weighted by atomic mass is 14.9. The minimum absolute atomic E-state index is 1.28. The van der Waals surface area contributed by atoms with Crippen LogP contribution in [0.5, 0.6) is 0 Å². The second kappa shape index (κ2) is 1.05. The number of anilines is 2. The molecule has 0 aromatic heterocycles. The summed E-state index contributed by atoms with van der Waals surface area (Å²) in [5.74, 6) is 0. The molecule has 3 rings (SSSR count). The van der Waals surface area contributed by atoms with Crippen molar-refractivity contribution in [3.8, 4) is 0 Å². The van der Waals surface area contributed by atoms with Gasteiger partial charge in [-0.05, 0) is 24.6 Å². The first kappa shape index (κ1) is 3.96. The van der Waals surface area contributed by atoms with Crippen LogP contribution in [0.1, 0.15) is 5.56 Å². The van der Waals surface area contributed by atoms with Gasteiger partial charge in [-0.3, -0.25) is 0 Å². The van der Waals surface area contributed by atoms with Crippen LogP contribution in [0.2, 0.25) is 0 Å². The highest BCUT2D eigenvalue weighted by Gasteiger charge is 2.11. The summed E-state index contributed by atoms with van der Waals surface area (Å²) in [5, 5.41) is 3.18. The number of benzene rings is 1. The predicted molar refractivity (Wildman–Crippen MR) is 34.5 cm³/mol. The molecule has 0 atom stereocenters. The molecule has 1 N–H and O–H groups in total. The Balaban J connectivity index is 2.75. The van der Waals surface area contributed by atoms with E-state index in [1.165, 1.54) is 16.9 Å². The van der Waals surface area contributed by atoms with Crippen LogP contribution < -0.4 is 5.32 Å². The van der Waals surface area contributed by atoms with E-state index in [4.69, 9.17) is 0 Å². The first-order valence-electron chi connectivity index (χ1n) is 2.74. The summed E-state index contributed by atoms with van der Waals surface area (Å²) in [5.41, 5.74) is 3.96. The van der Waals surface area contributed by atoms with Crippen molar-refractivity contribution in [2.45, 2.75) is 6.92 Å². The lowest BCUT2D eigenvalue weighted by atomic mass is 10.1. The maximum absolute atomic E-state index is 3.18. The highest BCUT2D eigenvalue weighted by molar-refractivity contribution is 5.80. The Morgan fingerprint density at radius 2 is 1.88 bits per heavy atom. The van der Waals surface area contributed by atoms with E-state index in [0.717, 1.165) is 0 Å².